The number of aliphatic hydroxyl groups is 1. The van der Waals surface area contributed by atoms with Crippen LogP contribution in [0.5, 0.6) is 0 Å². The third-order valence-electron chi connectivity index (χ3n) is 4.05. The Morgan fingerprint density at radius 1 is 1.19 bits per heavy atom. The van der Waals surface area contributed by atoms with E-state index in [1.165, 1.54) is 4.31 Å². The largest absolute Gasteiger partial charge is 0.398 e. The van der Waals surface area contributed by atoms with Crippen LogP contribution in [-0.4, -0.2) is 62.1 Å². The van der Waals surface area contributed by atoms with E-state index < -0.39 is 10.0 Å². The van der Waals surface area contributed by atoms with Crippen molar-refractivity contribution in [2.75, 3.05) is 45.1 Å². The molecular formula is C14H23N3O3S. The average Bonchev–Trinajstić information content (AvgIpc) is 2.44. The van der Waals surface area contributed by atoms with Crippen LogP contribution in [0.15, 0.2) is 17.0 Å². The topological polar surface area (TPSA) is 86.9 Å². The molecule has 1 aromatic carbocycles. The van der Waals surface area contributed by atoms with Gasteiger partial charge in [0, 0.05) is 32.7 Å². The standard InChI is InChI=1S/C14H23N3O3S/c1-11-3-4-13(15)14(12(11)2)21(19,20)17-7-5-16(6-8-17)9-10-18/h3-4,18H,5-10,15H2,1-2H3. The maximum absolute atomic E-state index is 12.8. The number of piperazine rings is 1. The molecule has 0 bridgehead atoms. The second-order valence-electron chi connectivity index (χ2n) is 5.40. The summed E-state index contributed by atoms with van der Waals surface area (Å²) in [7, 11) is -3.57. The molecule has 1 aliphatic rings. The molecule has 0 atom stereocenters. The Bertz CT molecular complexity index is 608. The predicted octanol–water partition coefficient (Wildman–Crippen LogP) is 0.184. The van der Waals surface area contributed by atoms with Crippen molar-refractivity contribution < 1.29 is 13.5 Å². The summed E-state index contributed by atoms with van der Waals surface area (Å²) in [5.41, 5.74) is 7.84. The number of aliphatic hydroxyl groups excluding tert-OH is 1. The van der Waals surface area contributed by atoms with Crippen LogP contribution in [0.2, 0.25) is 0 Å². The van der Waals surface area contributed by atoms with E-state index in [4.69, 9.17) is 10.8 Å². The molecule has 1 fully saturated rings. The van der Waals surface area contributed by atoms with Crippen LogP contribution in [-0.2, 0) is 10.0 Å². The van der Waals surface area contributed by atoms with Crippen LogP contribution in [0.3, 0.4) is 0 Å². The number of anilines is 1. The lowest BCUT2D eigenvalue weighted by molar-refractivity contribution is 0.151. The molecule has 1 saturated heterocycles. The molecule has 7 heteroatoms. The van der Waals surface area contributed by atoms with Crippen molar-refractivity contribution in [1.29, 1.82) is 0 Å². The number of nitrogen functional groups attached to an aromatic ring is 1. The summed E-state index contributed by atoms with van der Waals surface area (Å²) in [6.45, 7) is 6.46. The lowest BCUT2D eigenvalue weighted by atomic mass is 10.1. The van der Waals surface area contributed by atoms with Gasteiger partial charge < -0.3 is 10.8 Å². The number of benzene rings is 1. The average molecular weight is 313 g/mol. The molecule has 0 saturated carbocycles. The summed E-state index contributed by atoms with van der Waals surface area (Å²) >= 11 is 0. The van der Waals surface area contributed by atoms with Crippen LogP contribution < -0.4 is 5.73 Å². The molecule has 0 radical (unpaired) electrons. The number of rotatable bonds is 4. The summed E-state index contributed by atoms with van der Waals surface area (Å²) in [5.74, 6) is 0. The molecule has 3 N–H and O–H groups in total. The number of hydrogen-bond acceptors (Lipinski definition) is 5. The van der Waals surface area contributed by atoms with Crippen LogP contribution in [0, 0.1) is 13.8 Å². The van der Waals surface area contributed by atoms with Crippen LogP contribution in [0.4, 0.5) is 5.69 Å². The number of aryl methyl sites for hydroxylation is 1. The maximum atomic E-state index is 12.8. The Hall–Kier alpha value is -1.15. The van der Waals surface area contributed by atoms with Gasteiger partial charge in [0.25, 0.3) is 0 Å². The number of sulfonamides is 1. The molecule has 0 unspecified atom stereocenters. The predicted molar refractivity (Wildman–Crippen MR) is 82.6 cm³/mol. The SMILES string of the molecule is Cc1ccc(N)c(S(=O)(=O)N2CCN(CCO)CC2)c1C. The Morgan fingerprint density at radius 3 is 2.38 bits per heavy atom. The maximum Gasteiger partial charge on any atom is 0.245 e. The van der Waals surface area contributed by atoms with Crippen molar-refractivity contribution in [3.63, 3.8) is 0 Å². The van der Waals surface area contributed by atoms with Gasteiger partial charge in [0.2, 0.25) is 10.0 Å². The van der Waals surface area contributed by atoms with Crippen molar-refractivity contribution in [1.82, 2.24) is 9.21 Å². The smallest absolute Gasteiger partial charge is 0.245 e. The summed E-state index contributed by atoms with van der Waals surface area (Å²) in [6, 6.07) is 3.49. The van der Waals surface area contributed by atoms with Gasteiger partial charge in [-0.05, 0) is 31.0 Å². The van der Waals surface area contributed by atoms with Crippen molar-refractivity contribution in [2.24, 2.45) is 0 Å². The Labute approximate surface area is 126 Å². The number of hydrogen-bond donors (Lipinski definition) is 2. The second-order valence-corrected chi connectivity index (χ2v) is 7.27. The highest BCUT2D eigenvalue weighted by Crippen LogP contribution is 2.28. The van der Waals surface area contributed by atoms with Gasteiger partial charge in [0.15, 0.2) is 0 Å². The lowest BCUT2D eigenvalue weighted by Gasteiger charge is -2.34. The monoisotopic (exact) mass is 313 g/mol. The minimum absolute atomic E-state index is 0.0939. The van der Waals surface area contributed by atoms with Gasteiger partial charge >= 0.3 is 0 Å². The normalized spacial score (nSPS) is 18.0. The van der Waals surface area contributed by atoms with Gasteiger partial charge in [-0.25, -0.2) is 8.42 Å². The highest BCUT2D eigenvalue weighted by atomic mass is 32.2. The first-order chi connectivity index (χ1) is 9.87. The fraction of sp³-hybridized carbons (Fsp3) is 0.571. The molecule has 0 aliphatic carbocycles. The summed E-state index contributed by atoms with van der Waals surface area (Å²) in [6.07, 6.45) is 0. The van der Waals surface area contributed by atoms with E-state index in [0.29, 0.717) is 44.0 Å². The zero-order valence-corrected chi connectivity index (χ0v) is 13.4. The fourth-order valence-corrected chi connectivity index (χ4v) is 4.43. The van der Waals surface area contributed by atoms with Gasteiger partial charge in [0.05, 0.1) is 12.3 Å². The molecule has 0 spiro atoms. The van der Waals surface area contributed by atoms with E-state index in [0.717, 1.165) is 5.56 Å². The molecule has 1 aliphatic heterocycles. The number of nitrogens with zero attached hydrogens (tertiary/aromatic N) is 2. The minimum Gasteiger partial charge on any atom is -0.398 e. The summed E-state index contributed by atoms with van der Waals surface area (Å²) in [5, 5.41) is 8.94. The van der Waals surface area contributed by atoms with E-state index in [1.54, 1.807) is 13.0 Å². The molecule has 6 nitrogen and oxygen atoms in total. The zero-order chi connectivity index (χ0) is 15.6. The van der Waals surface area contributed by atoms with E-state index in [2.05, 4.69) is 4.90 Å². The summed E-state index contributed by atoms with van der Waals surface area (Å²) in [4.78, 5) is 2.29. The third kappa shape index (κ3) is 3.21. The van der Waals surface area contributed by atoms with Crippen LogP contribution in [0.25, 0.3) is 0 Å². The summed E-state index contributed by atoms with van der Waals surface area (Å²) < 4.78 is 27.1. The third-order valence-corrected chi connectivity index (χ3v) is 6.16. The van der Waals surface area contributed by atoms with Crippen molar-refractivity contribution >= 4 is 15.7 Å². The minimum atomic E-state index is -3.57. The first kappa shape index (κ1) is 16.2. The van der Waals surface area contributed by atoms with E-state index in [1.807, 2.05) is 13.0 Å². The molecule has 1 heterocycles. The number of β-amino-alcohol motifs (C(OH)–C–C–N with tert-alkyl or cyclic N) is 1. The lowest BCUT2D eigenvalue weighted by Crippen LogP contribution is -2.49. The molecule has 118 valence electrons. The van der Waals surface area contributed by atoms with Crippen molar-refractivity contribution in [3.8, 4) is 0 Å². The van der Waals surface area contributed by atoms with Gasteiger partial charge in [0.1, 0.15) is 4.90 Å². The quantitative estimate of drug-likeness (QED) is 0.775. The van der Waals surface area contributed by atoms with E-state index in [9.17, 15) is 8.42 Å². The van der Waals surface area contributed by atoms with Gasteiger partial charge in [-0.3, -0.25) is 4.90 Å². The Balaban J connectivity index is 2.26. The van der Waals surface area contributed by atoms with Crippen LogP contribution >= 0.6 is 0 Å². The van der Waals surface area contributed by atoms with Gasteiger partial charge in [-0.2, -0.15) is 4.31 Å². The fourth-order valence-electron chi connectivity index (χ4n) is 2.62. The highest BCUT2D eigenvalue weighted by Gasteiger charge is 2.31. The van der Waals surface area contributed by atoms with Crippen molar-refractivity contribution in [3.05, 3.63) is 23.3 Å². The second kappa shape index (κ2) is 6.31. The highest BCUT2D eigenvalue weighted by molar-refractivity contribution is 7.89. The molecule has 0 amide bonds. The molecule has 1 aromatic rings. The first-order valence-electron chi connectivity index (χ1n) is 7.07. The zero-order valence-electron chi connectivity index (χ0n) is 12.5. The van der Waals surface area contributed by atoms with E-state index >= 15 is 0 Å². The van der Waals surface area contributed by atoms with Gasteiger partial charge in [-0.15, -0.1) is 0 Å². The first-order valence-corrected chi connectivity index (χ1v) is 8.51. The van der Waals surface area contributed by atoms with Crippen molar-refractivity contribution in [2.45, 2.75) is 18.7 Å². The number of nitrogens with two attached hydrogens (primary N) is 1. The van der Waals surface area contributed by atoms with Gasteiger partial charge in [-0.1, -0.05) is 6.07 Å². The van der Waals surface area contributed by atoms with Crippen LogP contribution in [0.1, 0.15) is 11.1 Å². The molecule has 21 heavy (non-hydrogen) atoms. The molecular weight excluding hydrogens is 290 g/mol. The molecule has 2 rings (SSSR count). The Kier molecular flexibility index (Phi) is 4.88. The van der Waals surface area contributed by atoms with E-state index in [-0.39, 0.29) is 11.5 Å². The molecule has 0 aromatic heterocycles. The Morgan fingerprint density at radius 2 is 1.81 bits per heavy atom.